The summed E-state index contributed by atoms with van der Waals surface area (Å²) in [6.07, 6.45) is 1.46. The first-order valence-corrected chi connectivity index (χ1v) is 5.84. The van der Waals surface area contributed by atoms with Gasteiger partial charge in [0, 0.05) is 19.2 Å². The molecule has 0 aliphatic carbocycles. The molecule has 0 N–H and O–H groups in total. The van der Waals surface area contributed by atoms with E-state index in [0.717, 1.165) is 12.4 Å². The highest BCUT2D eigenvalue weighted by Gasteiger charge is 2.36. The molecule has 1 fully saturated rings. The molecule has 1 aliphatic heterocycles. The number of ether oxygens (including phenoxy) is 2. The maximum atomic E-state index is 11.6. The van der Waals surface area contributed by atoms with Gasteiger partial charge in [0.2, 0.25) is 5.88 Å². The van der Waals surface area contributed by atoms with Crippen LogP contribution >= 0.6 is 0 Å². The van der Waals surface area contributed by atoms with Crippen molar-refractivity contribution in [2.75, 3.05) is 32.2 Å². The standard InChI is InChI=1S/C12H17N3O3/c1-8-5-15(6-9(8)12(16)18-3)10-4-11(17-2)14-7-13-10/h4,7-9H,5-6H2,1-3H3. The average molecular weight is 251 g/mol. The molecule has 0 aromatic carbocycles. The summed E-state index contributed by atoms with van der Waals surface area (Å²) < 4.78 is 9.88. The van der Waals surface area contributed by atoms with Crippen molar-refractivity contribution < 1.29 is 14.3 Å². The van der Waals surface area contributed by atoms with Gasteiger partial charge in [-0.3, -0.25) is 4.79 Å². The Balaban J connectivity index is 2.13. The highest BCUT2D eigenvalue weighted by molar-refractivity contribution is 5.74. The Morgan fingerprint density at radius 2 is 2.17 bits per heavy atom. The van der Waals surface area contributed by atoms with Crippen LogP contribution in [-0.2, 0) is 9.53 Å². The highest BCUT2D eigenvalue weighted by atomic mass is 16.5. The lowest BCUT2D eigenvalue weighted by Gasteiger charge is -2.16. The van der Waals surface area contributed by atoms with Crippen LogP contribution in [0.4, 0.5) is 5.82 Å². The Bertz CT molecular complexity index is 438. The van der Waals surface area contributed by atoms with Crippen LogP contribution in [0.2, 0.25) is 0 Å². The smallest absolute Gasteiger partial charge is 0.310 e. The number of rotatable bonds is 3. The first-order chi connectivity index (χ1) is 8.65. The Kier molecular flexibility index (Phi) is 3.64. The van der Waals surface area contributed by atoms with Crippen molar-refractivity contribution in [3.8, 4) is 5.88 Å². The van der Waals surface area contributed by atoms with Gasteiger partial charge in [0.25, 0.3) is 0 Å². The van der Waals surface area contributed by atoms with Gasteiger partial charge in [-0.15, -0.1) is 0 Å². The number of hydrogen-bond donors (Lipinski definition) is 0. The molecule has 1 saturated heterocycles. The summed E-state index contributed by atoms with van der Waals surface area (Å²) in [4.78, 5) is 21.8. The summed E-state index contributed by atoms with van der Waals surface area (Å²) in [5.74, 6) is 1.29. The van der Waals surface area contributed by atoms with Gasteiger partial charge >= 0.3 is 5.97 Å². The lowest BCUT2D eigenvalue weighted by Crippen LogP contribution is -2.24. The van der Waals surface area contributed by atoms with Gasteiger partial charge in [0.15, 0.2) is 0 Å². The molecule has 98 valence electrons. The molecule has 18 heavy (non-hydrogen) atoms. The van der Waals surface area contributed by atoms with E-state index in [1.54, 1.807) is 13.2 Å². The Hall–Kier alpha value is -1.85. The Morgan fingerprint density at radius 3 is 2.83 bits per heavy atom. The summed E-state index contributed by atoms with van der Waals surface area (Å²) in [7, 11) is 2.99. The molecule has 6 nitrogen and oxygen atoms in total. The summed E-state index contributed by atoms with van der Waals surface area (Å²) in [6.45, 7) is 3.44. The van der Waals surface area contributed by atoms with Gasteiger partial charge in [-0.2, -0.15) is 0 Å². The second kappa shape index (κ2) is 5.20. The Labute approximate surface area is 106 Å². The van der Waals surface area contributed by atoms with Crippen LogP contribution in [-0.4, -0.2) is 43.2 Å². The monoisotopic (exact) mass is 251 g/mol. The van der Waals surface area contributed by atoms with Gasteiger partial charge in [0.1, 0.15) is 12.1 Å². The minimum atomic E-state index is -0.161. The fourth-order valence-electron chi connectivity index (χ4n) is 2.23. The molecule has 6 heteroatoms. The van der Waals surface area contributed by atoms with Crippen molar-refractivity contribution in [1.82, 2.24) is 9.97 Å². The third-order valence-electron chi connectivity index (χ3n) is 3.28. The van der Waals surface area contributed by atoms with Crippen molar-refractivity contribution in [3.63, 3.8) is 0 Å². The third-order valence-corrected chi connectivity index (χ3v) is 3.28. The van der Waals surface area contributed by atoms with E-state index in [-0.39, 0.29) is 17.8 Å². The zero-order valence-corrected chi connectivity index (χ0v) is 10.8. The van der Waals surface area contributed by atoms with Gasteiger partial charge in [-0.05, 0) is 5.92 Å². The predicted octanol–water partition coefficient (Wildman–Crippen LogP) is 0.730. The zero-order chi connectivity index (χ0) is 13.1. The molecule has 0 spiro atoms. The van der Waals surface area contributed by atoms with Crippen molar-refractivity contribution in [2.45, 2.75) is 6.92 Å². The van der Waals surface area contributed by atoms with Crippen molar-refractivity contribution >= 4 is 11.8 Å². The lowest BCUT2D eigenvalue weighted by molar-refractivity contribution is -0.145. The largest absolute Gasteiger partial charge is 0.481 e. The molecular formula is C12H17N3O3. The predicted molar refractivity (Wildman–Crippen MR) is 65.5 cm³/mol. The van der Waals surface area contributed by atoms with E-state index >= 15 is 0 Å². The van der Waals surface area contributed by atoms with E-state index < -0.39 is 0 Å². The number of carbonyl (C=O) groups excluding carboxylic acids is 1. The van der Waals surface area contributed by atoms with E-state index in [4.69, 9.17) is 9.47 Å². The fourth-order valence-corrected chi connectivity index (χ4v) is 2.23. The van der Waals surface area contributed by atoms with Gasteiger partial charge in [-0.1, -0.05) is 6.92 Å². The molecule has 2 heterocycles. The summed E-state index contributed by atoms with van der Waals surface area (Å²) in [5.41, 5.74) is 0. The zero-order valence-electron chi connectivity index (χ0n) is 10.8. The lowest BCUT2D eigenvalue weighted by atomic mass is 9.99. The molecule has 1 aromatic heterocycles. The first-order valence-electron chi connectivity index (χ1n) is 5.84. The highest BCUT2D eigenvalue weighted by Crippen LogP contribution is 2.28. The second-order valence-corrected chi connectivity index (χ2v) is 4.43. The third kappa shape index (κ3) is 2.37. The van der Waals surface area contributed by atoms with Gasteiger partial charge in [-0.25, -0.2) is 9.97 Å². The minimum absolute atomic E-state index is 0.101. The number of hydrogen-bond acceptors (Lipinski definition) is 6. The number of nitrogens with zero attached hydrogens (tertiary/aromatic N) is 3. The van der Waals surface area contributed by atoms with Gasteiger partial charge < -0.3 is 14.4 Å². The summed E-state index contributed by atoms with van der Waals surface area (Å²) in [6, 6.07) is 1.77. The number of carbonyl (C=O) groups is 1. The molecule has 2 unspecified atom stereocenters. The second-order valence-electron chi connectivity index (χ2n) is 4.43. The molecule has 2 rings (SSSR count). The first kappa shape index (κ1) is 12.6. The van der Waals surface area contributed by atoms with E-state index in [2.05, 4.69) is 14.9 Å². The van der Waals surface area contributed by atoms with Crippen LogP contribution in [0.15, 0.2) is 12.4 Å². The fraction of sp³-hybridized carbons (Fsp3) is 0.583. The van der Waals surface area contributed by atoms with E-state index in [9.17, 15) is 4.79 Å². The van der Waals surface area contributed by atoms with Crippen LogP contribution in [0.3, 0.4) is 0 Å². The van der Waals surface area contributed by atoms with Crippen LogP contribution in [0.25, 0.3) is 0 Å². The van der Waals surface area contributed by atoms with E-state index in [1.165, 1.54) is 13.4 Å². The topological polar surface area (TPSA) is 64.5 Å². The van der Waals surface area contributed by atoms with Crippen LogP contribution in [0, 0.1) is 11.8 Å². The van der Waals surface area contributed by atoms with E-state index in [1.807, 2.05) is 6.92 Å². The quantitative estimate of drug-likeness (QED) is 0.738. The molecule has 1 aliphatic rings. The molecular weight excluding hydrogens is 234 g/mol. The summed E-state index contributed by atoms with van der Waals surface area (Å²) in [5, 5.41) is 0. The van der Waals surface area contributed by atoms with Crippen LogP contribution < -0.4 is 9.64 Å². The number of methoxy groups -OCH3 is 2. The Morgan fingerprint density at radius 1 is 1.39 bits per heavy atom. The van der Waals surface area contributed by atoms with Crippen molar-refractivity contribution in [2.24, 2.45) is 11.8 Å². The number of anilines is 1. The van der Waals surface area contributed by atoms with E-state index in [0.29, 0.717) is 12.4 Å². The normalized spacial score (nSPS) is 22.9. The van der Waals surface area contributed by atoms with Crippen LogP contribution in [0.1, 0.15) is 6.92 Å². The molecule has 1 aromatic rings. The maximum absolute atomic E-state index is 11.6. The maximum Gasteiger partial charge on any atom is 0.310 e. The molecule has 2 atom stereocenters. The average Bonchev–Trinajstić information content (AvgIpc) is 2.80. The summed E-state index contributed by atoms with van der Waals surface area (Å²) >= 11 is 0. The number of aromatic nitrogens is 2. The molecule has 0 saturated carbocycles. The molecule has 0 amide bonds. The van der Waals surface area contributed by atoms with Gasteiger partial charge in [0.05, 0.1) is 20.1 Å². The molecule has 0 bridgehead atoms. The van der Waals surface area contributed by atoms with Crippen molar-refractivity contribution in [3.05, 3.63) is 12.4 Å². The molecule has 0 radical (unpaired) electrons. The number of esters is 1. The minimum Gasteiger partial charge on any atom is -0.481 e. The van der Waals surface area contributed by atoms with Crippen LogP contribution in [0.5, 0.6) is 5.88 Å². The SMILES string of the molecule is COC(=O)C1CN(c2cc(OC)ncn2)CC1C. The van der Waals surface area contributed by atoms with Crippen molar-refractivity contribution in [1.29, 1.82) is 0 Å².